The first-order valence-electron chi connectivity index (χ1n) is 4.95. The van der Waals surface area contributed by atoms with Gasteiger partial charge in [0, 0.05) is 7.05 Å². The van der Waals surface area contributed by atoms with Crippen LogP contribution >= 0.6 is 0 Å². The predicted molar refractivity (Wildman–Crippen MR) is 57.6 cm³/mol. The Morgan fingerprint density at radius 3 is 2.44 bits per heavy atom. The van der Waals surface area contributed by atoms with Crippen LogP contribution in [-0.2, 0) is 9.63 Å². The number of benzene rings is 1. The van der Waals surface area contributed by atoms with Crippen molar-refractivity contribution >= 4 is 17.7 Å². The number of hydroxylamine groups is 1. The summed E-state index contributed by atoms with van der Waals surface area (Å²) < 4.78 is 0. The molecule has 16 heavy (non-hydrogen) atoms. The molecule has 1 heterocycles. The van der Waals surface area contributed by atoms with Crippen LogP contribution in [0.2, 0.25) is 0 Å². The fraction of sp³-hybridized carbons (Fsp3) is 0.273. The Balaban J connectivity index is 2.30. The zero-order valence-corrected chi connectivity index (χ0v) is 9.08. The van der Waals surface area contributed by atoms with Crippen molar-refractivity contribution < 1.29 is 14.4 Å². The molecule has 1 aliphatic heterocycles. The highest BCUT2D eigenvalue weighted by Crippen LogP contribution is 2.20. The molecule has 1 fully saturated rings. The number of carbonyl (C=O) groups excluding carboxylic acids is 2. The van der Waals surface area contributed by atoms with E-state index in [-0.39, 0.29) is 6.03 Å². The van der Waals surface area contributed by atoms with E-state index in [0.717, 1.165) is 5.06 Å². The van der Waals surface area contributed by atoms with Crippen molar-refractivity contribution in [3.63, 3.8) is 0 Å². The topological polar surface area (TPSA) is 49.9 Å². The van der Waals surface area contributed by atoms with E-state index in [4.69, 9.17) is 4.84 Å². The van der Waals surface area contributed by atoms with Crippen LogP contribution in [0.5, 0.6) is 0 Å². The molecule has 1 saturated heterocycles. The van der Waals surface area contributed by atoms with E-state index in [1.807, 2.05) is 6.07 Å². The van der Waals surface area contributed by atoms with E-state index in [2.05, 4.69) is 0 Å². The summed E-state index contributed by atoms with van der Waals surface area (Å²) in [5.74, 6) is -0.439. The molecule has 0 saturated carbocycles. The molecule has 0 radical (unpaired) electrons. The van der Waals surface area contributed by atoms with Crippen molar-refractivity contribution in [3.8, 4) is 0 Å². The Kier molecular flexibility index (Phi) is 2.52. The fourth-order valence-electron chi connectivity index (χ4n) is 1.40. The number of urea groups is 1. The van der Waals surface area contributed by atoms with E-state index in [1.54, 1.807) is 38.2 Å². The van der Waals surface area contributed by atoms with Gasteiger partial charge in [-0.25, -0.2) is 9.59 Å². The van der Waals surface area contributed by atoms with E-state index < -0.39 is 12.0 Å². The van der Waals surface area contributed by atoms with Gasteiger partial charge in [0.05, 0.1) is 5.69 Å². The number of anilines is 1. The number of likely N-dealkylation sites (N-methyl/N-ethyl adjacent to an activating group) is 1. The Labute approximate surface area is 93.2 Å². The second-order valence-electron chi connectivity index (χ2n) is 3.61. The first-order valence-corrected chi connectivity index (χ1v) is 4.95. The predicted octanol–water partition coefficient (Wildman–Crippen LogP) is 1.41. The number of carbonyl (C=O) groups is 2. The van der Waals surface area contributed by atoms with E-state index in [9.17, 15) is 9.59 Å². The van der Waals surface area contributed by atoms with Gasteiger partial charge in [-0.1, -0.05) is 18.2 Å². The number of para-hydroxylation sites is 1. The minimum Gasteiger partial charge on any atom is -0.329 e. The SMILES string of the molecule is CC1C(=O)ON(c2ccccc2)C(=O)N1C. The number of rotatable bonds is 1. The van der Waals surface area contributed by atoms with Crippen LogP contribution < -0.4 is 5.06 Å². The number of hydrogen-bond donors (Lipinski definition) is 0. The van der Waals surface area contributed by atoms with Gasteiger partial charge in [-0.05, 0) is 19.1 Å². The quantitative estimate of drug-likeness (QED) is 0.718. The van der Waals surface area contributed by atoms with Crippen molar-refractivity contribution in [2.45, 2.75) is 13.0 Å². The maximum atomic E-state index is 11.9. The van der Waals surface area contributed by atoms with Crippen LogP contribution in [0.1, 0.15) is 6.92 Å². The molecule has 0 aromatic heterocycles. The normalized spacial score (nSPS) is 21.0. The summed E-state index contributed by atoms with van der Waals surface area (Å²) in [5.41, 5.74) is 0.541. The van der Waals surface area contributed by atoms with E-state index in [0.29, 0.717) is 5.69 Å². The summed E-state index contributed by atoms with van der Waals surface area (Å²) in [5, 5.41) is 1.00. The molecule has 0 N–H and O–H groups in total. The molecular formula is C11H12N2O3. The third-order valence-electron chi connectivity index (χ3n) is 2.57. The van der Waals surface area contributed by atoms with Gasteiger partial charge >= 0.3 is 12.0 Å². The maximum Gasteiger partial charge on any atom is 0.358 e. The highest BCUT2D eigenvalue weighted by molar-refractivity contribution is 5.97. The summed E-state index contributed by atoms with van der Waals surface area (Å²) >= 11 is 0. The van der Waals surface area contributed by atoms with Gasteiger partial charge in [-0.2, -0.15) is 0 Å². The lowest BCUT2D eigenvalue weighted by molar-refractivity contribution is -0.152. The van der Waals surface area contributed by atoms with Crippen molar-refractivity contribution in [2.75, 3.05) is 12.1 Å². The van der Waals surface area contributed by atoms with Crippen LogP contribution in [0.4, 0.5) is 10.5 Å². The Morgan fingerprint density at radius 1 is 1.19 bits per heavy atom. The fourth-order valence-corrected chi connectivity index (χ4v) is 1.40. The van der Waals surface area contributed by atoms with Crippen molar-refractivity contribution in [3.05, 3.63) is 30.3 Å². The molecule has 1 aromatic rings. The molecule has 84 valence electrons. The highest BCUT2D eigenvalue weighted by Gasteiger charge is 2.37. The molecule has 0 aliphatic carbocycles. The summed E-state index contributed by atoms with van der Waals surface area (Å²) in [6.45, 7) is 1.63. The third kappa shape index (κ3) is 1.60. The highest BCUT2D eigenvalue weighted by atomic mass is 16.7. The molecule has 2 amide bonds. The first kappa shape index (κ1) is 10.5. The first-order chi connectivity index (χ1) is 7.61. The molecule has 5 nitrogen and oxygen atoms in total. The van der Waals surface area contributed by atoms with Crippen LogP contribution in [0.3, 0.4) is 0 Å². The third-order valence-corrected chi connectivity index (χ3v) is 2.57. The van der Waals surface area contributed by atoms with Gasteiger partial charge in [0.15, 0.2) is 0 Å². The van der Waals surface area contributed by atoms with E-state index >= 15 is 0 Å². The van der Waals surface area contributed by atoms with Gasteiger partial charge < -0.3 is 9.74 Å². The van der Waals surface area contributed by atoms with Crippen molar-refractivity contribution in [1.29, 1.82) is 0 Å². The molecule has 1 atom stereocenters. The second-order valence-corrected chi connectivity index (χ2v) is 3.61. The number of nitrogens with zero attached hydrogens (tertiary/aromatic N) is 2. The van der Waals surface area contributed by atoms with Crippen LogP contribution in [0.15, 0.2) is 30.3 Å². The maximum absolute atomic E-state index is 11.9. The molecular weight excluding hydrogens is 208 g/mol. The molecule has 1 aliphatic rings. The minimum atomic E-state index is -0.549. The average Bonchev–Trinajstić information content (AvgIpc) is 2.32. The minimum absolute atomic E-state index is 0.349. The monoisotopic (exact) mass is 220 g/mol. The van der Waals surface area contributed by atoms with Gasteiger partial charge in [-0.3, -0.25) is 0 Å². The second kappa shape index (κ2) is 3.84. The van der Waals surface area contributed by atoms with Crippen LogP contribution in [-0.4, -0.2) is 30.0 Å². The molecule has 2 rings (SSSR count). The Bertz CT molecular complexity index is 418. The molecule has 0 bridgehead atoms. The zero-order valence-electron chi connectivity index (χ0n) is 9.08. The van der Waals surface area contributed by atoms with Gasteiger partial charge in [0.2, 0.25) is 0 Å². The number of hydrogen-bond acceptors (Lipinski definition) is 3. The smallest absolute Gasteiger partial charge is 0.329 e. The molecule has 0 spiro atoms. The Morgan fingerprint density at radius 2 is 1.81 bits per heavy atom. The van der Waals surface area contributed by atoms with Gasteiger partial charge in [0.25, 0.3) is 0 Å². The number of amides is 2. The molecule has 1 unspecified atom stereocenters. The molecule has 1 aromatic carbocycles. The lowest BCUT2D eigenvalue weighted by Crippen LogP contribution is -2.55. The van der Waals surface area contributed by atoms with Crippen molar-refractivity contribution in [2.24, 2.45) is 0 Å². The van der Waals surface area contributed by atoms with Crippen LogP contribution in [0, 0.1) is 0 Å². The summed E-state index contributed by atoms with van der Waals surface area (Å²) in [7, 11) is 1.57. The average molecular weight is 220 g/mol. The zero-order chi connectivity index (χ0) is 11.7. The standard InChI is InChI=1S/C11H12N2O3/c1-8-10(14)16-13(11(15)12(8)2)9-6-4-3-5-7-9/h3-8H,1-2H3. The van der Waals surface area contributed by atoms with E-state index in [1.165, 1.54) is 4.90 Å². The summed E-state index contributed by atoms with van der Waals surface area (Å²) in [4.78, 5) is 29.6. The van der Waals surface area contributed by atoms with Crippen molar-refractivity contribution in [1.82, 2.24) is 4.90 Å². The largest absolute Gasteiger partial charge is 0.358 e. The van der Waals surface area contributed by atoms with Gasteiger partial charge in [-0.15, -0.1) is 5.06 Å². The van der Waals surface area contributed by atoms with Gasteiger partial charge in [0.1, 0.15) is 6.04 Å². The molecule has 5 heteroatoms. The summed E-state index contributed by atoms with van der Waals surface area (Å²) in [6, 6.07) is 7.88. The Hall–Kier alpha value is -2.04. The lowest BCUT2D eigenvalue weighted by atomic mass is 10.3. The van der Waals surface area contributed by atoms with Crippen LogP contribution in [0.25, 0.3) is 0 Å². The summed E-state index contributed by atoms with van der Waals surface area (Å²) in [6.07, 6.45) is 0. The lowest BCUT2D eigenvalue weighted by Gasteiger charge is -2.35.